The van der Waals surface area contributed by atoms with E-state index >= 15 is 0 Å². The van der Waals surface area contributed by atoms with E-state index in [2.05, 4.69) is 26.1 Å². The van der Waals surface area contributed by atoms with Gasteiger partial charge < -0.3 is 5.32 Å². The molecular weight excluding hydrogens is 134 g/mol. The molecule has 0 aromatic heterocycles. The van der Waals surface area contributed by atoms with Gasteiger partial charge in [-0.3, -0.25) is 0 Å². The van der Waals surface area contributed by atoms with E-state index in [0.29, 0.717) is 0 Å². The normalized spacial score (nSPS) is 10.9. The fourth-order valence-electron chi connectivity index (χ4n) is 1.39. The summed E-state index contributed by atoms with van der Waals surface area (Å²) in [6, 6.07) is 0.782. The minimum absolute atomic E-state index is 0.782. The smallest absolute Gasteiger partial charge is 0.00668 e. The van der Waals surface area contributed by atoms with Crippen LogP contribution in [0.25, 0.3) is 0 Å². The lowest BCUT2D eigenvalue weighted by Crippen LogP contribution is -2.29. The van der Waals surface area contributed by atoms with Crippen molar-refractivity contribution in [3.8, 4) is 0 Å². The van der Waals surface area contributed by atoms with Crippen LogP contribution in [-0.4, -0.2) is 12.6 Å². The van der Waals surface area contributed by atoms with Gasteiger partial charge in [0.2, 0.25) is 0 Å². The molecule has 68 valence electrons. The summed E-state index contributed by atoms with van der Waals surface area (Å²) in [7, 11) is 0. The second kappa shape index (κ2) is 8.06. The Morgan fingerprint density at radius 1 is 0.909 bits per heavy atom. The highest BCUT2D eigenvalue weighted by molar-refractivity contribution is 4.64. The van der Waals surface area contributed by atoms with Crippen LogP contribution >= 0.6 is 0 Å². The number of hydrogen-bond donors (Lipinski definition) is 1. The first-order valence-electron chi connectivity index (χ1n) is 5.08. The van der Waals surface area contributed by atoms with Crippen LogP contribution in [0.2, 0.25) is 0 Å². The second-order valence-corrected chi connectivity index (χ2v) is 3.23. The Hall–Kier alpha value is -0.0400. The van der Waals surface area contributed by atoms with Crippen molar-refractivity contribution < 1.29 is 0 Å². The average molecular weight is 157 g/mol. The zero-order valence-corrected chi connectivity index (χ0v) is 8.32. The van der Waals surface area contributed by atoms with Gasteiger partial charge in [0.1, 0.15) is 0 Å². The fraction of sp³-hybridized carbons (Fsp3) is 1.00. The highest BCUT2D eigenvalue weighted by atomic mass is 14.9. The Labute approximate surface area is 71.6 Å². The minimum atomic E-state index is 0.782. The molecule has 0 aliphatic carbocycles. The van der Waals surface area contributed by atoms with Crippen LogP contribution in [0, 0.1) is 0 Å². The van der Waals surface area contributed by atoms with Crippen molar-refractivity contribution in [2.75, 3.05) is 6.54 Å². The van der Waals surface area contributed by atoms with E-state index in [0.717, 1.165) is 6.04 Å². The van der Waals surface area contributed by atoms with Crippen molar-refractivity contribution in [1.29, 1.82) is 0 Å². The molecule has 1 nitrogen and oxygen atoms in total. The molecule has 11 heavy (non-hydrogen) atoms. The lowest BCUT2D eigenvalue weighted by molar-refractivity contribution is 0.445. The monoisotopic (exact) mass is 157 g/mol. The molecule has 1 N–H and O–H groups in total. The summed E-state index contributed by atoms with van der Waals surface area (Å²) in [5.41, 5.74) is 0. The second-order valence-electron chi connectivity index (χ2n) is 3.23. The summed E-state index contributed by atoms with van der Waals surface area (Å²) in [4.78, 5) is 0. The zero-order valence-electron chi connectivity index (χ0n) is 8.32. The van der Waals surface area contributed by atoms with E-state index in [1.165, 1.54) is 38.6 Å². The standard InChI is InChI=1S/C10H23N/c1-4-7-10(8-5-2)11-9-6-3/h10-11H,4-9H2,1-3H3. The third-order valence-electron chi connectivity index (χ3n) is 1.96. The van der Waals surface area contributed by atoms with E-state index in [1.807, 2.05) is 0 Å². The molecule has 0 heterocycles. The molecule has 0 aromatic rings. The Kier molecular flexibility index (Phi) is 8.03. The van der Waals surface area contributed by atoms with E-state index in [9.17, 15) is 0 Å². The third-order valence-corrected chi connectivity index (χ3v) is 1.96. The van der Waals surface area contributed by atoms with Crippen LogP contribution < -0.4 is 5.32 Å². The van der Waals surface area contributed by atoms with Gasteiger partial charge in [0.15, 0.2) is 0 Å². The average Bonchev–Trinajstić information content (AvgIpc) is 2.01. The largest absolute Gasteiger partial charge is 0.314 e. The highest BCUT2D eigenvalue weighted by Gasteiger charge is 2.03. The van der Waals surface area contributed by atoms with Crippen LogP contribution in [0.5, 0.6) is 0 Å². The molecule has 0 spiro atoms. The zero-order chi connectivity index (χ0) is 8.53. The van der Waals surface area contributed by atoms with Crippen molar-refractivity contribution >= 4 is 0 Å². The van der Waals surface area contributed by atoms with Crippen LogP contribution in [0.4, 0.5) is 0 Å². The molecule has 0 atom stereocenters. The molecule has 0 saturated carbocycles. The van der Waals surface area contributed by atoms with E-state index in [1.54, 1.807) is 0 Å². The molecule has 0 aromatic carbocycles. The molecule has 0 unspecified atom stereocenters. The van der Waals surface area contributed by atoms with E-state index in [-0.39, 0.29) is 0 Å². The molecule has 0 aliphatic heterocycles. The van der Waals surface area contributed by atoms with Crippen molar-refractivity contribution in [2.24, 2.45) is 0 Å². The predicted octanol–water partition coefficient (Wildman–Crippen LogP) is 2.95. The number of nitrogens with one attached hydrogen (secondary N) is 1. The van der Waals surface area contributed by atoms with E-state index < -0.39 is 0 Å². The van der Waals surface area contributed by atoms with Gasteiger partial charge in [0.25, 0.3) is 0 Å². The maximum atomic E-state index is 3.57. The first-order valence-corrected chi connectivity index (χ1v) is 5.08. The van der Waals surface area contributed by atoms with Crippen LogP contribution in [0.1, 0.15) is 52.9 Å². The molecular formula is C10H23N. The van der Waals surface area contributed by atoms with Gasteiger partial charge in [-0.2, -0.15) is 0 Å². The fourth-order valence-corrected chi connectivity index (χ4v) is 1.39. The van der Waals surface area contributed by atoms with E-state index in [4.69, 9.17) is 0 Å². The first kappa shape index (κ1) is 11.0. The van der Waals surface area contributed by atoms with Gasteiger partial charge >= 0.3 is 0 Å². The molecule has 0 fully saturated rings. The topological polar surface area (TPSA) is 12.0 Å². The van der Waals surface area contributed by atoms with Crippen molar-refractivity contribution in [2.45, 2.75) is 58.9 Å². The van der Waals surface area contributed by atoms with Gasteiger partial charge in [-0.1, -0.05) is 33.6 Å². The summed E-state index contributed by atoms with van der Waals surface area (Å²) in [5.74, 6) is 0. The van der Waals surface area contributed by atoms with Gasteiger partial charge in [0.05, 0.1) is 0 Å². The summed E-state index contributed by atoms with van der Waals surface area (Å²) < 4.78 is 0. The molecule has 0 radical (unpaired) electrons. The molecule has 0 rings (SSSR count). The van der Waals surface area contributed by atoms with Crippen LogP contribution in [0.15, 0.2) is 0 Å². The summed E-state index contributed by atoms with van der Waals surface area (Å²) >= 11 is 0. The van der Waals surface area contributed by atoms with Gasteiger partial charge in [-0.25, -0.2) is 0 Å². The van der Waals surface area contributed by atoms with Crippen molar-refractivity contribution in [3.63, 3.8) is 0 Å². The first-order chi connectivity index (χ1) is 5.35. The molecule has 1 heteroatoms. The van der Waals surface area contributed by atoms with Crippen molar-refractivity contribution in [1.82, 2.24) is 5.32 Å². The van der Waals surface area contributed by atoms with Gasteiger partial charge in [-0.15, -0.1) is 0 Å². The highest BCUT2D eigenvalue weighted by Crippen LogP contribution is 2.03. The molecule has 0 saturated heterocycles. The number of rotatable bonds is 7. The Morgan fingerprint density at radius 2 is 1.45 bits per heavy atom. The molecule has 0 amide bonds. The minimum Gasteiger partial charge on any atom is -0.314 e. The Bertz CT molecular complexity index is 65.3. The van der Waals surface area contributed by atoms with Gasteiger partial charge in [0, 0.05) is 6.04 Å². The van der Waals surface area contributed by atoms with Crippen molar-refractivity contribution in [3.05, 3.63) is 0 Å². The van der Waals surface area contributed by atoms with Crippen LogP contribution in [-0.2, 0) is 0 Å². The molecule has 0 bridgehead atoms. The maximum Gasteiger partial charge on any atom is 0.00668 e. The summed E-state index contributed by atoms with van der Waals surface area (Å²) in [6.45, 7) is 7.93. The third kappa shape index (κ3) is 6.36. The summed E-state index contributed by atoms with van der Waals surface area (Å²) in [6.07, 6.45) is 6.55. The van der Waals surface area contributed by atoms with Crippen LogP contribution in [0.3, 0.4) is 0 Å². The Balaban J connectivity index is 3.34. The quantitative estimate of drug-likeness (QED) is 0.599. The molecule has 0 aliphatic rings. The Morgan fingerprint density at radius 3 is 1.82 bits per heavy atom. The SMILES string of the molecule is CCCNC(CCC)CCC. The lowest BCUT2D eigenvalue weighted by atomic mass is 10.1. The van der Waals surface area contributed by atoms with Gasteiger partial charge in [-0.05, 0) is 25.8 Å². The lowest BCUT2D eigenvalue weighted by Gasteiger charge is -2.16. The predicted molar refractivity (Wildman–Crippen MR) is 51.9 cm³/mol. The maximum absolute atomic E-state index is 3.57. The number of hydrogen-bond acceptors (Lipinski definition) is 1. The summed E-state index contributed by atoms with van der Waals surface area (Å²) in [5, 5.41) is 3.57.